The average molecular weight is 294 g/mol. The number of nitrogens with one attached hydrogen (secondary N) is 1. The zero-order valence-corrected chi connectivity index (χ0v) is 12.1. The molecule has 0 radical (unpaired) electrons. The molecule has 5 nitrogen and oxygen atoms in total. The van der Waals surface area contributed by atoms with Gasteiger partial charge in [-0.25, -0.2) is 9.78 Å². The molecule has 0 unspecified atom stereocenters. The van der Waals surface area contributed by atoms with E-state index in [1.165, 1.54) is 7.11 Å². The minimum atomic E-state index is -0.597. The van der Waals surface area contributed by atoms with Gasteiger partial charge in [0.1, 0.15) is 5.82 Å². The maximum Gasteiger partial charge on any atom is 0.337 e. The molecule has 1 aromatic carbocycles. The number of hydrogen-bond acceptors (Lipinski definition) is 4. The molecule has 1 aliphatic carbocycles. The summed E-state index contributed by atoms with van der Waals surface area (Å²) in [5.41, 5.74) is 2.98. The van der Waals surface area contributed by atoms with Gasteiger partial charge < -0.3 is 10.1 Å². The monoisotopic (exact) mass is 294 g/mol. The minimum absolute atomic E-state index is 0.0166. The van der Waals surface area contributed by atoms with Gasteiger partial charge in [-0.2, -0.15) is 0 Å². The number of amides is 1. The molecule has 110 valence electrons. The molecule has 1 atom stereocenters. The van der Waals surface area contributed by atoms with Crippen molar-refractivity contribution in [3.63, 3.8) is 0 Å². The zero-order valence-electron chi connectivity index (χ0n) is 12.1. The van der Waals surface area contributed by atoms with Gasteiger partial charge in [0.2, 0.25) is 5.91 Å². The van der Waals surface area contributed by atoms with Gasteiger partial charge in [-0.05, 0) is 42.2 Å². The number of hydrogen-bond donors (Lipinski definition) is 1. The lowest BCUT2D eigenvalue weighted by molar-refractivity contribution is -0.120. The molecule has 2 aliphatic rings. The third-order valence-electron chi connectivity index (χ3n) is 4.60. The van der Waals surface area contributed by atoms with E-state index in [4.69, 9.17) is 4.74 Å². The summed E-state index contributed by atoms with van der Waals surface area (Å²) in [6, 6.07) is 9.30. The summed E-state index contributed by atoms with van der Waals surface area (Å²) in [4.78, 5) is 28.5. The summed E-state index contributed by atoms with van der Waals surface area (Å²) >= 11 is 0. The van der Waals surface area contributed by atoms with Gasteiger partial charge in [-0.3, -0.25) is 4.79 Å². The number of aromatic nitrogens is 1. The Bertz CT molecular complexity index is 815. The molecule has 4 rings (SSSR count). The van der Waals surface area contributed by atoms with E-state index < -0.39 is 5.41 Å². The van der Waals surface area contributed by atoms with Crippen molar-refractivity contribution >= 4 is 17.7 Å². The second-order valence-electron chi connectivity index (χ2n) is 5.76. The van der Waals surface area contributed by atoms with Crippen LogP contribution in [0.2, 0.25) is 0 Å². The van der Waals surface area contributed by atoms with Crippen LogP contribution in [0.25, 0.3) is 0 Å². The molecule has 22 heavy (non-hydrogen) atoms. The molecule has 0 bridgehead atoms. The predicted octanol–water partition coefficient (Wildman–Crippen LogP) is 1.86. The first-order chi connectivity index (χ1) is 10.6. The molecule has 1 N–H and O–H groups in total. The largest absolute Gasteiger partial charge is 0.465 e. The van der Waals surface area contributed by atoms with E-state index in [-0.39, 0.29) is 11.9 Å². The van der Waals surface area contributed by atoms with Crippen molar-refractivity contribution in [1.29, 1.82) is 0 Å². The molecule has 1 aromatic heterocycles. The molecule has 5 heteroatoms. The highest BCUT2D eigenvalue weighted by Gasteiger charge is 2.51. The first kappa shape index (κ1) is 13.0. The van der Waals surface area contributed by atoms with Crippen LogP contribution in [0.3, 0.4) is 0 Å². The lowest BCUT2D eigenvalue weighted by Crippen LogP contribution is -2.35. The molecule has 0 saturated carbocycles. The fraction of sp³-hybridized carbons (Fsp3) is 0.235. The highest BCUT2D eigenvalue weighted by molar-refractivity contribution is 6.06. The Balaban J connectivity index is 1.79. The minimum Gasteiger partial charge on any atom is -0.465 e. The van der Waals surface area contributed by atoms with Gasteiger partial charge in [0.15, 0.2) is 0 Å². The molecular weight excluding hydrogens is 280 g/mol. The van der Waals surface area contributed by atoms with Crippen LogP contribution in [-0.4, -0.2) is 24.0 Å². The second kappa shape index (κ2) is 4.40. The lowest BCUT2D eigenvalue weighted by atomic mass is 9.79. The number of carbonyl (C=O) groups is 2. The van der Waals surface area contributed by atoms with Crippen LogP contribution in [0, 0.1) is 0 Å². The molecule has 1 aliphatic heterocycles. The predicted molar refractivity (Wildman–Crippen MR) is 79.7 cm³/mol. The van der Waals surface area contributed by atoms with E-state index in [2.05, 4.69) is 10.3 Å². The Morgan fingerprint density at radius 3 is 2.91 bits per heavy atom. The fourth-order valence-corrected chi connectivity index (χ4v) is 3.51. The van der Waals surface area contributed by atoms with Gasteiger partial charge in [-0.1, -0.05) is 12.1 Å². The van der Waals surface area contributed by atoms with Gasteiger partial charge in [0, 0.05) is 11.8 Å². The summed E-state index contributed by atoms with van der Waals surface area (Å²) in [6.45, 7) is 0. The SMILES string of the molecule is COC(=O)c1ccc2c(c1)C[C@]1(C2)C(=O)Nc2ncccc21. The average Bonchev–Trinajstić information content (AvgIpc) is 3.05. The van der Waals surface area contributed by atoms with Crippen LogP contribution in [0.4, 0.5) is 5.82 Å². The van der Waals surface area contributed by atoms with Gasteiger partial charge in [0.05, 0.1) is 18.1 Å². The number of esters is 1. The first-order valence-corrected chi connectivity index (χ1v) is 7.11. The van der Waals surface area contributed by atoms with E-state index in [9.17, 15) is 9.59 Å². The molecule has 2 heterocycles. The number of anilines is 1. The highest BCUT2D eigenvalue weighted by atomic mass is 16.5. The maximum atomic E-state index is 12.6. The number of benzene rings is 1. The molecule has 0 saturated heterocycles. The van der Waals surface area contributed by atoms with Crippen molar-refractivity contribution in [2.45, 2.75) is 18.3 Å². The Labute approximate surface area is 127 Å². The van der Waals surface area contributed by atoms with Crippen molar-refractivity contribution in [2.75, 3.05) is 12.4 Å². The Kier molecular flexibility index (Phi) is 2.60. The summed E-state index contributed by atoms with van der Waals surface area (Å²) in [5.74, 6) is 0.271. The van der Waals surface area contributed by atoms with Crippen molar-refractivity contribution in [2.24, 2.45) is 0 Å². The Hall–Kier alpha value is -2.69. The standard InChI is InChI=1S/C17H14N2O3/c1-22-15(20)10-4-5-11-8-17(9-12(11)7-10)13-3-2-6-18-14(13)19-16(17)21/h2-7H,8-9H2,1H3,(H,18,19,21)/t17-/m0/s1. The Morgan fingerprint density at radius 1 is 1.27 bits per heavy atom. The Morgan fingerprint density at radius 2 is 2.09 bits per heavy atom. The first-order valence-electron chi connectivity index (χ1n) is 7.11. The van der Waals surface area contributed by atoms with Gasteiger partial charge >= 0.3 is 5.97 Å². The highest BCUT2D eigenvalue weighted by Crippen LogP contribution is 2.46. The van der Waals surface area contributed by atoms with Crippen molar-refractivity contribution in [3.05, 3.63) is 58.8 Å². The number of ether oxygens (including phenoxy) is 1. The maximum absolute atomic E-state index is 12.6. The number of carbonyl (C=O) groups excluding carboxylic acids is 2. The number of methoxy groups -OCH3 is 1. The zero-order chi connectivity index (χ0) is 15.3. The molecule has 2 aromatic rings. The van der Waals surface area contributed by atoms with Gasteiger partial charge in [0.25, 0.3) is 0 Å². The van der Waals surface area contributed by atoms with E-state index in [1.54, 1.807) is 12.3 Å². The summed E-state index contributed by atoms with van der Waals surface area (Å²) < 4.78 is 4.76. The van der Waals surface area contributed by atoms with Gasteiger partial charge in [-0.15, -0.1) is 0 Å². The summed E-state index contributed by atoms with van der Waals surface area (Å²) in [5, 5.41) is 2.87. The quantitative estimate of drug-likeness (QED) is 0.815. The topological polar surface area (TPSA) is 68.3 Å². The fourth-order valence-electron chi connectivity index (χ4n) is 3.51. The summed E-state index contributed by atoms with van der Waals surface area (Å²) in [6.07, 6.45) is 2.89. The van der Waals surface area contributed by atoms with Crippen molar-refractivity contribution in [3.8, 4) is 0 Å². The summed E-state index contributed by atoms with van der Waals surface area (Å²) in [7, 11) is 1.36. The molecule has 0 fully saturated rings. The van der Waals surface area contributed by atoms with E-state index in [0.717, 1.165) is 16.7 Å². The van der Waals surface area contributed by atoms with Crippen LogP contribution < -0.4 is 5.32 Å². The number of rotatable bonds is 1. The van der Waals surface area contributed by atoms with E-state index in [0.29, 0.717) is 24.2 Å². The molecular formula is C17H14N2O3. The van der Waals surface area contributed by atoms with Crippen molar-refractivity contribution < 1.29 is 14.3 Å². The molecule has 1 spiro atoms. The smallest absolute Gasteiger partial charge is 0.337 e. The number of nitrogens with zero attached hydrogens (tertiary/aromatic N) is 1. The van der Waals surface area contributed by atoms with Crippen LogP contribution in [0.1, 0.15) is 27.0 Å². The number of pyridine rings is 1. The second-order valence-corrected chi connectivity index (χ2v) is 5.76. The van der Waals surface area contributed by atoms with E-state index in [1.807, 2.05) is 24.3 Å². The van der Waals surface area contributed by atoms with Crippen LogP contribution in [0.15, 0.2) is 36.5 Å². The van der Waals surface area contributed by atoms with E-state index >= 15 is 0 Å². The van der Waals surface area contributed by atoms with Crippen molar-refractivity contribution in [1.82, 2.24) is 4.98 Å². The third kappa shape index (κ3) is 1.62. The number of fused-ring (bicyclic) bond motifs is 3. The van der Waals surface area contributed by atoms with Crippen LogP contribution >= 0.6 is 0 Å². The van der Waals surface area contributed by atoms with Crippen LogP contribution in [0.5, 0.6) is 0 Å². The third-order valence-corrected chi connectivity index (χ3v) is 4.60. The normalized spacial score (nSPS) is 21.4. The van der Waals surface area contributed by atoms with Crippen LogP contribution in [-0.2, 0) is 27.8 Å². The lowest BCUT2D eigenvalue weighted by Gasteiger charge is -2.20. The molecule has 1 amide bonds.